The highest BCUT2D eigenvalue weighted by Gasteiger charge is 2.22. The van der Waals surface area contributed by atoms with Gasteiger partial charge in [0.05, 0.1) is 0 Å². The van der Waals surface area contributed by atoms with Gasteiger partial charge >= 0.3 is 0 Å². The zero-order valence-electron chi connectivity index (χ0n) is 8.55. The van der Waals surface area contributed by atoms with Gasteiger partial charge in [-0.05, 0) is 60.8 Å². The summed E-state index contributed by atoms with van der Waals surface area (Å²) in [7, 11) is 0. The molecule has 3 rings (SSSR count). The topological polar surface area (TPSA) is 0 Å². The van der Waals surface area contributed by atoms with Crippen molar-refractivity contribution in [3.8, 4) is 0 Å². The molecule has 3 aliphatic rings. The van der Waals surface area contributed by atoms with Crippen molar-refractivity contribution in [1.29, 1.82) is 0 Å². The number of allylic oxidation sites excluding steroid dienone is 8. The zero-order chi connectivity index (χ0) is 9.38. The third-order valence-electron chi connectivity index (χ3n) is 3.46. The van der Waals surface area contributed by atoms with Crippen molar-refractivity contribution < 1.29 is 0 Å². The number of hydrogen-bond donors (Lipinski definition) is 0. The Labute approximate surface area is 85.7 Å². The summed E-state index contributed by atoms with van der Waals surface area (Å²) >= 11 is 0. The Kier molecular flexibility index (Phi) is 1.93. The van der Waals surface area contributed by atoms with Gasteiger partial charge in [-0.3, -0.25) is 0 Å². The van der Waals surface area contributed by atoms with Crippen LogP contribution >= 0.6 is 0 Å². The molecule has 0 saturated heterocycles. The largest absolute Gasteiger partial charge is 0.0804 e. The molecule has 0 unspecified atom stereocenters. The normalized spacial score (nSPS) is 25.1. The van der Waals surface area contributed by atoms with E-state index >= 15 is 0 Å². The molecule has 0 heterocycles. The van der Waals surface area contributed by atoms with Gasteiger partial charge in [-0.25, -0.2) is 0 Å². The molecule has 0 bridgehead atoms. The molecule has 0 aliphatic heterocycles. The van der Waals surface area contributed by atoms with Crippen LogP contribution in [0.3, 0.4) is 0 Å². The van der Waals surface area contributed by atoms with Crippen LogP contribution in [0.4, 0.5) is 0 Å². The molecule has 1 fully saturated rings. The molecule has 0 N–H and O–H groups in total. The smallest absolute Gasteiger partial charge is 0.0195 e. The maximum absolute atomic E-state index is 2.45. The van der Waals surface area contributed by atoms with Gasteiger partial charge in [0.25, 0.3) is 0 Å². The maximum atomic E-state index is 2.45. The standard InChI is InChI=1S/C14H16/c1-3-7-13-11(5-1)9-10-12-6-2-4-8-14(12)13/h5-8H,1-4,9-10H2. The molecule has 0 spiro atoms. The summed E-state index contributed by atoms with van der Waals surface area (Å²) in [6, 6.07) is 0. The Balaban J connectivity index is 2.05. The fraction of sp³-hybridized carbons (Fsp3) is 0.429. The highest BCUT2D eigenvalue weighted by molar-refractivity contribution is 5.60. The van der Waals surface area contributed by atoms with Crippen LogP contribution in [-0.4, -0.2) is 0 Å². The van der Waals surface area contributed by atoms with E-state index in [9.17, 15) is 0 Å². The van der Waals surface area contributed by atoms with Crippen molar-refractivity contribution in [2.24, 2.45) is 0 Å². The first-order valence-corrected chi connectivity index (χ1v) is 5.74. The van der Waals surface area contributed by atoms with Gasteiger partial charge in [0, 0.05) is 0 Å². The first-order valence-electron chi connectivity index (χ1n) is 5.74. The van der Waals surface area contributed by atoms with Gasteiger partial charge in [-0.1, -0.05) is 24.3 Å². The lowest BCUT2D eigenvalue weighted by atomic mass is 9.76. The number of hydrogen-bond acceptors (Lipinski definition) is 0. The fourth-order valence-corrected chi connectivity index (χ4v) is 2.76. The van der Waals surface area contributed by atoms with E-state index in [1.807, 2.05) is 0 Å². The second kappa shape index (κ2) is 3.27. The minimum Gasteiger partial charge on any atom is -0.0804 e. The third kappa shape index (κ3) is 1.21. The van der Waals surface area contributed by atoms with E-state index in [0.29, 0.717) is 0 Å². The third-order valence-corrected chi connectivity index (χ3v) is 3.46. The Bertz CT molecular complexity index is 337. The van der Waals surface area contributed by atoms with Crippen molar-refractivity contribution in [3.05, 3.63) is 46.6 Å². The molecule has 0 amide bonds. The van der Waals surface area contributed by atoms with Crippen LogP contribution in [0.1, 0.15) is 38.5 Å². The molecule has 0 radical (unpaired) electrons. The lowest BCUT2D eigenvalue weighted by Crippen LogP contribution is -2.10. The second-order valence-electron chi connectivity index (χ2n) is 4.35. The first-order chi connectivity index (χ1) is 6.95. The van der Waals surface area contributed by atoms with E-state index < -0.39 is 0 Å². The molecule has 0 aromatic heterocycles. The summed E-state index contributed by atoms with van der Waals surface area (Å²) in [5, 5.41) is 0. The minimum atomic E-state index is 1.24. The van der Waals surface area contributed by atoms with Gasteiger partial charge in [0.2, 0.25) is 0 Å². The van der Waals surface area contributed by atoms with E-state index in [4.69, 9.17) is 0 Å². The first kappa shape index (κ1) is 8.28. The van der Waals surface area contributed by atoms with Crippen molar-refractivity contribution in [1.82, 2.24) is 0 Å². The van der Waals surface area contributed by atoms with Crippen LogP contribution in [0.25, 0.3) is 0 Å². The van der Waals surface area contributed by atoms with Crippen LogP contribution in [0.5, 0.6) is 0 Å². The molecule has 0 atom stereocenters. The molecule has 0 nitrogen and oxygen atoms in total. The molecule has 3 aliphatic carbocycles. The van der Waals surface area contributed by atoms with Crippen LogP contribution in [-0.2, 0) is 0 Å². The van der Waals surface area contributed by atoms with Crippen LogP contribution < -0.4 is 0 Å². The Morgan fingerprint density at radius 2 is 1.00 bits per heavy atom. The maximum Gasteiger partial charge on any atom is -0.0195 e. The summed E-state index contributed by atoms with van der Waals surface area (Å²) in [6.45, 7) is 0. The second-order valence-corrected chi connectivity index (χ2v) is 4.35. The summed E-state index contributed by atoms with van der Waals surface area (Å²) < 4.78 is 0. The molecule has 0 aromatic rings. The number of fused-ring (bicyclic) bond motifs is 3. The highest BCUT2D eigenvalue weighted by Crippen LogP contribution is 2.41. The molecule has 14 heavy (non-hydrogen) atoms. The van der Waals surface area contributed by atoms with Crippen LogP contribution in [0, 0.1) is 0 Å². The summed E-state index contributed by atoms with van der Waals surface area (Å²) in [5.41, 5.74) is 6.35. The van der Waals surface area contributed by atoms with Gasteiger partial charge in [-0.15, -0.1) is 0 Å². The highest BCUT2D eigenvalue weighted by atomic mass is 14.3. The van der Waals surface area contributed by atoms with E-state index in [2.05, 4.69) is 24.3 Å². The van der Waals surface area contributed by atoms with E-state index in [0.717, 1.165) is 0 Å². The Morgan fingerprint density at radius 1 is 0.571 bits per heavy atom. The van der Waals surface area contributed by atoms with Crippen molar-refractivity contribution in [2.45, 2.75) is 38.5 Å². The predicted octanol–water partition coefficient (Wildman–Crippen LogP) is 4.07. The molecule has 0 heteroatoms. The average molecular weight is 184 g/mol. The van der Waals surface area contributed by atoms with E-state index in [1.54, 1.807) is 22.3 Å². The zero-order valence-corrected chi connectivity index (χ0v) is 8.55. The SMILES string of the molecule is C1=C2CCC3=CCCC=C3C2=CCC1. The van der Waals surface area contributed by atoms with Gasteiger partial charge in [0.15, 0.2) is 0 Å². The lowest BCUT2D eigenvalue weighted by Gasteiger charge is -2.28. The van der Waals surface area contributed by atoms with Gasteiger partial charge in [-0.2, -0.15) is 0 Å². The summed E-state index contributed by atoms with van der Waals surface area (Å²) in [4.78, 5) is 0. The lowest BCUT2D eigenvalue weighted by molar-refractivity contribution is 0.830. The Hall–Kier alpha value is -1.04. The van der Waals surface area contributed by atoms with Crippen LogP contribution in [0.2, 0.25) is 0 Å². The van der Waals surface area contributed by atoms with Crippen molar-refractivity contribution >= 4 is 0 Å². The summed E-state index contributed by atoms with van der Waals surface area (Å²) in [6.07, 6.45) is 17.3. The molecule has 1 saturated carbocycles. The van der Waals surface area contributed by atoms with Crippen molar-refractivity contribution in [3.63, 3.8) is 0 Å². The predicted molar refractivity (Wildman–Crippen MR) is 60.0 cm³/mol. The summed E-state index contributed by atoms with van der Waals surface area (Å²) in [5.74, 6) is 0. The molecule has 72 valence electrons. The van der Waals surface area contributed by atoms with Crippen molar-refractivity contribution in [2.75, 3.05) is 0 Å². The average Bonchev–Trinajstić information content (AvgIpc) is 2.29. The molecular weight excluding hydrogens is 168 g/mol. The molecular formula is C14H16. The Morgan fingerprint density at radius 3 is 1.50 bits per heavy atom. The fourth-order valence-electron chi connectivity index (χ4n) is 2.76. The number of rotatable bonds is 0. The monoisotopic (exact) mass is 184 g/mol. The minimum absolute atomic E-state index is 1.24. The van der Waals surface area contributed by atoms with Gasteiger partial charge in [0.1, 0.15) is 0 Å². The van der Waals surface area contributed by atoms with E-state index in [1.165, 1.54) is 38.5 Å². The quantitative estimate of drug-likeness (QED) is 0.532. The van der Waals surface area contributed by atoms with E-state index in [-0.39, 0.29) is 0 Å². The van der Waals surface area contributed by atoms with Crippen LogP contribution in [0.15, 0.2) is 46.6 Å². The molecule has 0 aromatic carbocycles. The van der Waals surface area contributed by atoms with Gasteiger partial charge < -0.3 is 0 Å².